The Kier molecular flexibility index (Phi) is 13.4. The number of benzene rings is 2. The van der Waals surface area contributed by atoms with Gasteiger partial charge < -0.3 is 34.7 Å². The third kappa shape index (κ3) is 9.23. The molecule has 0 saturated carbocycles. The molecular formula is C48H63N7O7. The number of carbonyl (C=O) groups is 4. The summed E-state index contributed by atoms with van der Waals surface area (Å²) in [6.45, 7) is 14.4. The molecule has 4 aromatic rings. The second-order valence-electron chi connectivity index (χ2n) is 18.4. The monoisotopic (exact) mass is 849 g/mol. The lowest BCUT2D eigenvalue weighted by atomic mass is 9.84. The third-order valence-electron chi connectivity index (χ3n) is 12.8. The molecule has 2 saturated heterocycles. The van der Waals surface area contributed by atoms with Gasteiger partial charge in [0.2, 0.25) is 11.8 Å². The first kappa shape index (κ1) is 44.7. The van der Waals surface area contributed by atoms with Gasteiger partial charge in [-0.25, -0.2) is 5.43 Å². The molecule has 0 aliphatic carbocycles. The summed E-state index contributed by atoms with van der Waals surface area (Å²) in [5, 5.41) is 20.0. The number of cyclic esters (lactones) is 1. The standard InChI is InChI=1S/C48H63N7O7/c1-9-54-40-15-14-31-24-36(40)37(43(54)35-12-10-17-50-41(35)29(4)61-8)25-48(5,6)27-62-47(60)38-13-11-19-55(52-38)46(59)39(22-30-20-33(31)23-34(56)21-30)51-44(57)42(28(2)3)53(7)45(58)32-16-18-49-26-32/h10,12,14-15,17,20-21,23-24,28-29,32,38-39,42,49,52,56H,9,11,13,16,18-19,22,25-27H2,1-8H3,(H,51,57)/t29?,32?,38-,39?,42?/m0/s1. The Hall–Kier alpha value is -5.31. The van der Waals surface area contributed by atoms with E-state index in [4.69, 9.17) is 14.5 Å². The lowest BCUT2D eigenvalue weighted by Gasteiger charge is -2.37. The first-order chi connectivity index (χ1) is 29.6. The zero-order valence-corrected chi connectivity index (χ0v) is 37.4. The molecule has 2 aromatic carbocycles. The number of aryl methyl sites for hydroxylation is 1. The molecule has 4 unspecified atom stereocenters. The number of pyridine rings is 1. The predicted molar refractivity (Wildman–Crippen MR) is 238 cm³/mol. The van der Waals surface area contributed by atoms with E-state index in [2.05, 4.69) is 59.6 Å². The number of nitrogens with zero attached hydrogens (tertiary/aromatic N) is 4. The van der Waals surface area contributed by atoms with Crippen molar-refractivity contribution < 1.29 is 33.8 Å². The molecule has 2 aromatic heterocycles. The number of nitrogens with one attached hydrogen (secondary N) is 3. The zero-order valence-electron chi connectivity index (χ0n) is 37.4. The summed E-state index contributed by atoms with van der Waals surface area (Å²) in [6.07, 6.45) is 3.80. The molecule has 332 valence electrons. The summed E-state index contributed by atoms with van der Waals surface area (Å²) >= 11 is 0. The van der Waals surface area contributed by atoms with Crippen LogP contribution in [0.4, 0.5) is 0 Å². The van der Waals surface area contributed by atoms with Gasteiger partial charge in [-0.1, -0.05) is 39.8 Å². The van der Waals surface area contributed by atoms with Crippen LogP contribution in [-0.2, 0) is 48.0 Å². The zero-order chi connectivity index (χ0) is 44.5. The number of likely N-dealkylation sites (N-methyl/N-ethyl adjacent to an activating group) is 1. The second-order valence-corrected chi connectivity index (χ2v) is 18.4. The number of aromatic hydroxyl groups is 1. The van der Waals surface area contributed by atoms with Gasteiger partial charge in [0.1, 0.15) is 23.9 Å². The molecule has 3 aliphatic heterocycles. The van der Waals surface area contributed by atoms with Gasteiger partial charge >= 0.3 is 5.97 Å². The minimum Gasteiger partial charge on any atom is -0.508 e. The minimum atomic E-state index is -1.10. The molecule has 0 radical (unpaired) electrons. The van der Waals surface area contributed by atoms with Gasteiger partial charge in [0.15, 0.2) is 0 Å². The van der Waals surface area contributed by atoms with E-state index in [0.717, 1.165) is 51.1 Å². The normalized spacial score (nSPS) is 21.6. The predicted octanol–water partition coefficient (Wildman–Crippen LogP) is 5.54. The molecule has 4 N–H and O–H groups in total. The van der Waals surface area contributed by atoms with E-state index in [9.17, 15) is 24.3 Å². The van der Waals surface area contributed by atoms with Crippen molar-refractivity contribution in [2.75, 3.05) is 40.4 Å². The number of aromatic nitrogens is 2. The van der Waals surface area contributed by atoms with Gasteiger partial charge in [0.25, 0.3) is 5.91 Å². The highest BCUT2D eigenvalue weighted by molar-refractivity contribution is 5.96. The summed E-state index contributed by atoms with van der Waals surface area (Å²) in [6, 6.07) is 12.8. The Bertz CT molecular complexity index is 2320. The fourth-order valence-corrected chi connectivity index (χ4v) is 9.54. The van der Waals surface area contributed by atoms with Crippen LogP contribution in [0.1, 0.15) is 83.7 Å². The van der Waals surface area contributed by atoms with E-state index in [-0.39, 0.29) is 42.6 Å². The van der Waals surface area contributed by atoms with Crippen molar-refractivity contribution in [2.24, 2.45) is 17.3 Å². The van der Waals surface area contributed by atoms with E-state index in [0.29, 0.717) is 50.9 Å². The second kappa shape index (κ2) is 18.6. The topological polar surface area (TPSA) is 167 Å². The molecule has 14 nitrogen and oxygen atoms in total. The molecule has 3 aliphatic rings. The number of ether oxygens (including phenoxy) is 2. The van der Waals surface area contributed by atoms with Gasteiger partial charge in [-0.2, -0.15) is 0 Å². The molecule has 3 amide bonds. The van der Waals surface area contributed by atoms with E-state index in [1.54, 1.807) is 32.5 Å². The van der Waals surface area contributed by atoms with Crippen molar-refractivity contribution in [2.45, 2.75) is 104 Å². The first-order valence-corrected chi connectivity index (χ1v) is 22.1. The fraction of sp³-hybridized carbons (Fsp3) is 0.521. The Morgan fingerprint density at radius 3 is 2.60 bits per heavy atom. The molecule has 14 heteroatoms. The number of hydrogen-bond donors (Lipinski definition) is 4. The number of methoxy groups -OCH3 is 1. The summed E-state index contributed by atoms with van der Waals surface area (Å²) in [5.74, 6) is -1.94. The molecule has 5 heterocycles. The molecule has 62 heavy (non-hydrogen) atoms. The number of phenolic OH excluding ortho intramolecular Hbond substituents is 1. The van der Waals surface area contributed by atoms with E-state index >= 15 is 0 Å². The Labute approximate surface area is 364 Å². The van der Waals surface area contributed by atoms with Crippen LogP contribution in [0.5, 0.6) is 5.75 Å². The van der Waals surface area contributed by atoms with Gasteiger partial charge in [-0.3, -0.25) is 29.2 Å². The summed E-state index contributed by atoms with van der Waals surface area (Å²) in [5.41, 5.74) is 9.72. The highest BCUT2D eigenvalue weighted by atomic mass is 16.5. The number of esters is 1. The maximum Gasteiger partial charge on any atom is 0.324 e. The van der Waals surface area contributed by atoms with E-state index < -0.39 is 41.3 Å². The fourth-order valence-electron chi connectivity index (χ4n) is 9.54. The van der Waals surface area contributed by atoms with Gasteiger partial charge in [-0.05, 0) is 111 Å². The average Bonchev–Trinajstić information content (AvgIpc) is 3.90. The van der Waals surface area contributed by atoms with Crippen LogP contribution in [0.15, 0.2) is 54.7 Å². The average molecular weight is 850 g/mol. The highest BCUT2D eigenvalue weighted by Gasteiger charge is 2.39. The lowest BCUT2D eigenvalue weighted by molar-refractivity contribution is -0.155. The summed E-state index contributed by atoms with van der Waals surface area (Å²) < 4.78 is 14.2. The van der Waals surface area contributed by atoms with Crippen LogP contribution in [-0.4, -0.2) is 107 Å². The van der Waals surface area contributed by atoms with Crippen molar-refractivity contribution >= 4 is 34.6 Å². The van der Waals surface area contributed by atoms with Crippen LogP contribution >= 0.6 is 0 Å². The molecule has 2 fully saturated rings. The summed E-state index contributed by atoms with van der Waals surface area (Å²) in [4.78, 5) is 62.7. The number of carbonyl (C=O) groups excluding carboxylic acids is 4. The Morgan fingerprint density at radius 1 is 1.10 bits per heavy atom. The number of hydrogen-bond acceptors (Lipinski definition) is 10. The molecule has 5 atom stereocenters. The number of amides is 3. The van der Waals surface area contributed by atoms with E-state index in [1.807, 2.05) is 39.0 Å². The molecule has 0 spiro atoms. The van der Waals surface area contributed by atoms with Crippen LogP contribution in [0.3, 0.4) is 0 Å². The van der Waals surface area contributed by atoms with Crippen molar-refractivity contribution in [3.63, 3.8) is 0 Å². The van der Waals surface area contributed by atoms with Crippen molar-refractivity contribution in [3.8, 4) is 28.1 Å². The van der Waals surface area contributed by atoms with Gasteiger partial charge in [0.05, 0.1) is 30.0 Å². The van der Waals surface area contributed by atoms with Gasteiger partial charge in [-0.15, -0.1) is 0 Å². The Balaban J connectivity index is 1.35. The van der Waals surface area contributed by atoms with Crippen LogP contribution < -0.4 is 16.1 Å². The maximum absolute atomic E-state index is 14.6. The minimum absolute atomic E-state index is 0.0146. The number of phenols is 1. The lowest BCUT2D eigenvalue weighted by Crippen LogP contribution is -2.62. The van der Waals surface area contributed by atoms with Crippen molar-refractivity contribution in [3.05, 3.63) is 71.5 Å². The summed E-state index contributed by atoms with van der Waals surface area (Å²) in [7, 11) is 3.33. The largest absolute Gasteiger partial charge is 0.508 e. The van der Waals surface area contributed by atoms with Crippen LogP contribution in [0.25, 0.3) is 33.3 Å². The third-order valence-corrected chi connectivity index (χ3v) is 12.8. The Morgan fingerprint density at radius 2 is 1.89 bits per heavy atom. The smallest absolute Gasteiger partial charge is 0.324 e. The van der Waals surface area contributed by atoms with Crippen molar-refractivity contribution in [1.29, 1.82) is 0 Å². The number of rotatable bonds is 9. The maximum atomic E-state index is 14.6. The first-order valence-electron chi connectivity index (χ1n) is 22.1. The number of fused-ring (bicyclic) bond motifs is 6. The molecule has 6 bridgehead atoms. The van der Waals surface area contributed by atoms with Crippen LogP contribution in [0, 0.1) is 17.3 Å². The molecular weight excluding hydrogens is 787 g/mol. The highest BCUT2D eigenvalue weighted by Crippen LogP contribution is 2.42. The quantitative estimate of drug-likeness (QED) is 0.157. The van der Waals surface area contributed by atoms with Gasteiger partial charge in [0, 0.05) is 68.3 Å². The van der Waals surface area contributed by atoms with Crippen molar-refractivity contribution in [1.82, 2.24) is 35.5 Å². The van der Waals surface area contributed by atoms with E-state index in [1.165, 1.54) is 9.91 Å². The van der Waals surface area contributed by atoms with Crippen LogP contribution in [0.2, 0.25) is 0 Å². The number of hydrazine groups is 1. The molecule has 7 rings (SSSR count). The SMILES string of the molecule is CCn1c(-c2cccnc2C(C)OC)c2c3cc(ccc31)-c1cc(O)cc(c1)CC(NC(=O)C(C(C)C)N(C)C(=O)C1CCNC1)C(=O)N1CCC[C@H](N1)C(=O)OCC(C)(C)C2.